The van der Waals surface area contributed by atoms with Crippen molar-refractivity contribution in [2.45, 2.75) is 140 Å². The van der Waals surface area contributed by atoms with E-state index in [9.17, 15) is 5.11 Å². The van der Waals surface area contributed by atoms with Gasteiger partial charge in [-0.3, -0.25) is 14.6 Å². The highest BCUT2D eigenvalue weighted by molar-refractivity contribution is 6.33. The smallest absolute Gasteiger partial charge is 0.350 e. The first kappa shape index (κ1) is 52.1. The zero-order valence-corrected chi connectivity index (χ0v) is 43.5. The number of fused-ring (bicyclic) bond motifs is 1. The van der Waals surface area contributed by atoms with Crippen molar-refractivity contribution in [2.24, 2.45) is 28.2 Å². The Kier molecular flexibility index (Phi) is 15.7. The number of Topliss-reactive ketones (excluding diaryl/α,β-unsaturated/α-hetero) is 2. The number of epoxide rings is 1. The van der Waals surface area contributed by atoms with E-state index < -0.39 is 40.4 Å². The highest BCUT2D eigenvalue weighted by Crippen LogP contribution is 2.60. The predicted molar refractivity (Wildman–Crippen MR) is 285 cm³/mol. The van der Waals surface area contributed by atoms with Crippen LogP contribution in [0.3, 0.4) is 0 Å². The molecular weight excluding hydrogens is 919 g/mol. The van der Waals surface area contributed by atoms with Crippen molar-refractivity contribution >= 4 is 35.1 Å². The zero-order valence-electron chi connectivity index (χ0n) is 43.5. The predicted octanol–water partition coefficient (Wildman–Crippen LogP) is 7.28. The number of carbonyl (C=O) groups excluding carboxylic acids is 3. The summed E-state index contributed by atoms with van der Waals surface area (Å²) in [6.45, 7) is 8.27. The topological polar surface area (TPSA) is 218 Å². The van der Waals surface area contributed by atoms with Gasteiger partial charge in [-0.25, -0.2) is 14.8 Å². The fourth-order valence-electron chi connectivity index (χ4n) is 13.2. The van der Waals surface area contributed by atoms with Crippen LogP contribution in [0.4, 0.5) is 11.6 Å². The van der Waals surface area contributed by atoms with E-state index in [1.54, 1.807) is 19.3 Å². The number of hydrogen-bond donors (Lipinski definition) is 7. The van der Waals surface area contributed by atoms with E-state index in [2.05, 4.69) is 79.7 Å². The van der Waals surface area contributed by atoms with Gasteiger partial charge in [0.05, 0.1) is 12.2 Å². The van der Waals surface area contributed by atoms with Crippen LogP contribution in [0.1, 0.15) is 135 Å². The number of aliphatic hydroxyl groups is 1. The Hall–Kier alpha value is -5.74. The van der Waals surface area contributed by atoms with Gasteiger partial charge in [0, 0.05) is 62.1 Å². The molecule has 2 aromatic heterocycles. The van der Waals surface area contributed by atoms with Crippen LogP contribution >= 0.6 is 0 Å². The monoisotopic (exact) mass is 996 g/mol. The van der Waals surface area contributed by atoms with Crippen LogP contribution in [0.25, 0.3) is 0 Å². The van der Waals surface area contributed by atoms with Gasteiger partial charge in [0.1, 0.15) is 17.7 Å². The van der Waals surface area contributed by atoms with E-state index >= 15 is 14.4 Å². The molecule has 0 radical (unpaired) electrons. The van der Waals surface area contributed by atoms with Crippen molar-refractivity contribution in [2.75, 3.05) is 51.5 Å². The molecule has 9 rings (SSSR count). The van der Waals surface area contributed by atoms with Gasteiger partial charge >= 0.3 is 5.97 Å². The van der Waals surface area contributed by atoms with Gasteiger partial charge in [0.2, 0.25) is 5.78 Å². The lowest BCUT2D eigenvalue weighted by Gasteiger charge is -2.43. The molecule has 3 aromatic rings. The van der Waals surface area contributed by atoms with Crippen LogP contribution in [0, 0.1) is 23.2 Å². The summed E-state index contributed by atoms with van der Waals surface area (Å²) >= 11 is 0. The fourth-order valence-corrected chi connectivity index (χ4v) is 13.2. The average molecular weight is 996 g/mol. The van der Waals surface area contributed by atoms with Gasteiger partial charge in [0.25, 0.3) is 5.60 Å². The first-order chi connectivity index (χ1) is 35.3. The number of aliphatic hydroxyl groups excluding tert-OH is 1. The number of aromatic nitrogens is 2. The summed E-state index contributed by atoms with van der Waals surface area (Å²) in [5, 5.41) is 27.6. The molecular formula is C58H77N9O6. The van der Waals surface area contributed by atoms with Crippen molar-refractivity contribution in [1.82, 2.24) is 31.2 Å². The summed E-state index contributed by atoms with van der Waals surface area (Å²) in [6, 6.07) is 13.3. The number of aliphatic imine (C=N–C) groups is 1. The summed E-state index contributed by atoms with van der Waals surface area (Å²) < 4.78 is 13.5. The van der Waals surface area contributed by atoms with Gasteiger partial charge in [-0.05, 0) is 149 Å². The van der Waals surface area contributed by atoms with Gasteiger partial charge in [0.15, 0.2) is 17.3 Å². The zero-order chi connectivity index (χ0) is 51.4. The number of nitrogen functional groups attached to an aromatic ring is 1. The van der Waals surface area contributed by atoms with Crippen molar-refractivity contribution < 1.29 is 29.0 Å². The Morgan fingerprint density at radius 3 is 2.73 bits per heavy atom. The van der Waals surface area contributed by atoms with E-state index in [-0.39, 0.29) is 47.4 Å². The quantitative estimate of drug-likeness (QED) is 0.0262. The number of cyclic esters (lactones) is 1. The number of nitrogens with one attached hydrogen (secondary N) is 5. The Labute approximate surface area is 431 Å². The SMILES string of the molecule is CCN[C@H]1C=C2C=CC[C@@H]3CCCC[C@](C)(Cc4ccc(N)nc4)Cc4cccc5c4C(=O)[C@]4(O[C@@]4(C/C=C(\C)C[C@]4(c6ccnc(NCNC)c6)CCCNC(=NC)N4)C5=O)C(=O)O[C@H](CCCO)[C@H]1C[C@H]23. The molecule has 6 aliphatic rings. The molecule has 4 bridgehead atoms. The standard InChI is InChI=1S/C58H77N9O6/c1-6-62-46-29-40-15-9-14-39-13-7-8-23-55(3,33-38-19-20-48(59)65-35-38)34-41-16-10-17-43-50(41)52(70)58(53(71)72-47(18-11-28-68)45(46)31-44(39)40)57(73-58,51(43)69)25-21-37(2)32-56(24-12-26-64-54(61-5)67-56)42-22-27-63-49(30-42)66-36-60-4/h9-10,15-17,19-22,27,29-30,35,39,44-47,60,62,68H,6-8,11-14,18,23-26,28,31-34,36H2,1-5H3,(H2,59,65)(H,63,66)(H2,61,64,67)/b37-21+/t39-,44-,45-,46-,47+,55+,56-,57-,58-/m0/s1. The maximum atomic E-state index is 15.9. The molecule has 0 saturated carbocycles. The maximum Gasteiger partial charge on any atom is 0.350 e. The first-order valence-electron chi connectivity index (χ1n) is 26.9. The lowest BCUT2D eigenvalue weighted by Crippen LogP contribution is -2.53. The fraction of sp³-hybridized carbons (Fsp3) is 0.552. The summed E-state index contributed by atoms with van der Waals surface area (Å²) in [5.74, 6) is 0.632. The number of pyridine rings is 2. The lowest BCUT2D eigenvalue weighted by atomic mass is 9.66. The molecule has 390 valence electrons. The number of esters is 1. The van der Waals surface area contributed by atoms with Crippen LogP contribution in [0.15, 0.2) is 95.3 Å². The number of ether oxygens (including phenoxy) is 2. The maximum absolute atomic E-state index is 15.9. The minimum atomic E-state index is -2.21. The number of guanidine groups is 1. The normalized spacial score (nSPS) is 31.8. The Morgan fingerprint density at radius 1 is 1.08 bits per heavy atom. The molecule has 73 heavy (non-hydrogen) atoms. The molecule has 3 aliphatic carbocycles. The second-order valence-electron chi connectivity index (χ2n) is 22.0. The Morgan fingerprint density at radius 2 is 1.95 bits per heavy atom. The van der Waals surface area contributed by atoms with Crippen molar-refractivity contribution in [3.8, 4) is 0 Å². The average Bonchev–Trinajstić information content (AvgIpc) is 4.15. The molecule has 2 saturated heterocycles. The second-order valence-corrected chi connectivity index (χ2v) is 22.0. The van der Waals surface area contributed by atoms with E-state index in [0.29, 0.717) is 68.6 Å². The molecule has 9 atom stereocenters. The molecule has 15 nitrogen and oxygen atoms in total. The van der Waals surface area contributed by atoms with Gasteiger partial charge in [-0.1, -0.05) is 80.8 Å². The molecule has 0 amide bonds. The summed E-state index contributed by atoms with van der Waals surface area (Å²) in [6.07, 6.45) is 21.6. The van der Waals surface area contributed by atoms with Gasteiger partial charge in [-0.2, -0.15) is 0 Å². The Balaban J connectivity index is 1.14. The van der Waals surface area contributed by atoms with Crippen LogP contribution in [0.5, 0.6) is 0 Å². The number of nitrogens with zero attached hydrogens (tertiary/aromatic N) is 3. The molecule has 1 spiro atoms. The van der Waals surface area contributed by atoms with Crippen LogP contribution < -0.4 is 32.3 Å². The number of anilines is 2. The van der Waals surface area contributed by atoms with Crippen LogP contribution in [-0.4, -0.2) is 102 Å². The van der Waals surface area contributed by atoms with E-state index in [1.807, 2.05) is 56.6 Å². The van der Waals surface area contributed by atoms with Crippen LogP contribution in [-0.2, 0) is 32.6 Å². The molecule has 5 heterocycles. The second kappa shape index (κ2) is 22.0. The number of benzene rings is 1. The van der Waals surface area contributed by atoms with E-state index in [0.717, 1.165) is 80.4 Å². The van der Waals surface area contributed by atoms with Crippen molar-refractivity contribution in [1.29, 1.82) is 0 Å². The number of nitrogens with two attached hydrogens (primary N) is 1. The molecule has 8 N–H and O–H groups in total. The summed E-state index contributed by atoms with van der Waals surface area (Å²) in [4.78, 5) is 60.7. The third-order valence-electron chi connectivity index (χ3n) is 16.8. The molecule has 0 unspecified atom stereocenters. The molecule has 3 aliphatic heterocycles. The molecule has 2 fully saturated rings. The minimum absolute atomic E-state index is 0.0225. The Bertz CT molecular complexity index is 2650. The summed E-state index contributed by atoms with van der Waals surface area (Å²) in [5.41, 5.74) is 6.55. The number of hydrogen-bond acceptors (Lipinski definition) is 13. The third-order valence-corrected chi connectivity index (χ3v) is 16.8. The largest absolute Gasteiger partial charge is 0.459 e. The summed E-state index contributed by atoms with van der Waals surface area (Å²) in [7, 11) is 3.63. The van der Waals surface area contributed by atoms with E-state index in [4.69, 9.17) is 15.2 Å². The molecule has 1 aromatic carbocycles. The number of likely N-dealkylation sites (N-methyl/N-ethyl adjacent to an activating group) is 1. The van der Waals surface area contributed by atoms with Crippen molar-refractivity contribution in [3.05, 3.63) is 118 Å². The van der Waals surface area contributed by atoms with E-state index in [1.165, 1.54) is 5.57 Å². The van der Waals surface area contributed by atoms with Crippen LogP contribution in [0.2, 0.25) is 0 Å². The number of carbonyl (C=O) groups is 3. The van der Waals surface area contributed by atoms with Crippen molar-refractivity contribution in [3.63, 3.8) is 0 Å². The number of rotatable bonds is 15. The minimum Gasteiger partial charge on any atom is -0.459 e. The number of ketones is 2. The lowest BCUT2D eigenvalue weighted by molar-refractivity contribution is -0.158. The number of allylic oxidation sites excluding steroid dienone is 3. The highest BCUT2D eigenvalue weighted by Gasteiger charge is 2.85. The third kappa shape index (κ3) is 10.4. The molecule has 15 heteroatoms. The van der Waals surface area contributed by atoms with Gasteiger partial charge in [-0.15, -0.1) is 0 Å². The van der Waals surface area contributed by atoms with Gasteiger partial charge < -0.3 is 46.9 Å². The first-order valence-corrected chi connectivity index (χ1v) is 26.9. The highest BCUT2D eigenvalue weighted by atomic mass is 16.7.